The first-order chi connectivity index (χ1) is 11.4. The van der Waals surface area contributed by atoms with E-state index in [1.807, 2.05) is 12.1 Å². The van der Waals surface area contributed by atoms with Crippen LogP contribution in [-0.2, 0) is 6.54 Å². The Kier molecular flexibility index (Phi) is 7.44. The summed E-state index contributed by atoms with van der Waals surface area (Å²) in [6, 6.07) is 10.9. The number of halogens is 2. The van der Waals surface area contributed by atoms with E-state index in [0.29, 0.717) is 12.1 Å². The first kappa shape index (κ1) is 19.9. The molecule has 0 saturated carbocycles. The molecule has 25 heavy (non-hydrogen) atoms. The minimum absolute atomic E-state index is 0. The Hall–Kier alpha value is -1.40. The number of nitrogens with one attached hydrogen (secondary N) is 1. The van der Waals surface area contributed by atoms with Crippen molar-refractivity contribution in [3.8, 4) is 11.8 Å². The molecule has 2 aromatic rings. The van der Waals surface area contributed by atoms with E-state index in [0.717, 1.165) is 18.2 Å². The normalized spacial score (nSPS) is 24.1. The number of nitrogens with zero attached hydrogens (tertiary/aromatic N) is 3. The SMILES string of the molecule is Cl.Cl.c1cnc(Oc2cccc(CNC3CN4CCC3CC4)c2)nc1. The lowest BCUT2D eigenvalue weighted by Gasteiger charge is -2.45. The van der Waals surface area contributed by atoms with Crippen LogP contribution in [0.3, 0.4) is 0 Å². The smallest absolute Gasteiger partial charge is 0.321 e. The predicted molar refractivity (Wildman–Crippen MR) is 103 cm³/mol. The predicted octanol–water partition coefficient (Wildman–Crippen LogP) is 3.30. The van der Waals surface area contributed by atoms with Crippen molar-refractivity contribution in [2.45, 2.75) is 25.4 Å². The number of piperidine rings is 3. The van der Waals surface area contributed by atoms with E-state index in [2.05, 4.69) is 32.3 Å². The molecule has 3 saturated heterocycles. The Morgan fingerprint density at radius 3 is 2.52 bits per heavy atom. The fourth-order valence-electron chi connectivity index (χ4n) is 3.61. The third-order valence-electron chi connectivity index (χ3n) is 4.87. The largest absolute Gasteiger partial charge is 0.424 e. The van der Waals surface area contributed by atoms with Crippen LogP contribution in [0.25, 0.3) is 0 Å². The Bertz CT molecular complexity index is 651. The molecule has 1 aromatic carbocycles. The van der Waals surface area contributed by atoms with Crippen LogP contribution >= 0.6 is 24.8 Å². The maximum absolute atomic E-state index is 5.70. The third kappa shape index (κ3) is 5.05. The Morgan fingerprint density at radius 1 is 1.08 bits per heavy atom. The molecule has 3 aliphatic rings. The van der Waals surface area contributed by atoms with Crippen LogP contribution in [0.4, 0.5) is 0 Å². The summed E-state index contributed by atoms with van der Waals surface area (Å²) in [4.78, 5) is 10.8. The molecule has 1 unspecified atom stereocenters. The first-order valence-electron chi connectivity index (χ1n) is 8.36. The minimum Gasteiger partial charge on any atom is -0.424 e. The second-order valence-electron chi connectivity index (χ2n) is 6.41. The third-order valence-corrected chi connectivity index (χ3v) is 4.87. The van der Waals surface area contributed by atoms with Gasteiger partial charge in [0.05, 0.1) is 0 Å². The van der Waals surface area contributed by atoms with Crippen molar-refractivity contribution in [3.63, 3.8) is 0 Å². The summed E-state index contributed by atoms with van der Waals surface area (Å²) in [7, 11) is 0. The van der Waals surface area contributed by atoms with E-state index in [-0.39, 0.29) is 24.8 Å². The lowest BCUT2D eigenvalue weighted by Crippen LogP contribution is -2.55. The summed E-state index contributed by atoms with van der Waals surface area (Å²) >= 11 is 0. The van der Waals surface area contributed by atoms with Gasteiger partial charge in [-0.25, -0.2) is 9.97 Å². The highest BCUT2D eigenvalue weighted by molar-refractivity contribution is 5.85. The van der Waals surface area contributed by atoms with Crippen molar-refractivity contribution in [1.29, 1.82) is 0 Å². The van der Waals surface area contributed by atoms with Gasteiger partial charge in [0, 0.05) is 31.5 Å². The number of benzene rings is 1. The van der Waals surface area contributed by atoms with Gasteiger partial charge in [0.25, 0.3) is 0 Å². The molecule has 1 aromatic heterocycles. The lowest BCUT2D eigenvalue weighted by molar-refractivity contribution is 0.0720. The van der Waals surface area contributed by atoms with Gasteiger partial charge in [-0.05, 0) is 55.6 Å². The van der Waals surface area contributed by atoms with Crippen LogP contribution in [0.1, 0.15) is 18.4 Å². The van der Waals surface area contributed by atoms with E-state index >= 15 is 0 Å². The summed E-state index contributed by atoms with van der Waals surface area (Å²) in [5.74, 6) is 1.63. The van der Waals surface area contributed by atoms with Gasteiger partial charge in [-0.2, -0.15) is 0 Å². The van der Waals surface area contributed by atoms with Gasteiger partial charge in [-0.15, -0.1) is 24.8 Å². The summed E-state index contributed by atoms with van der Waals surface area (Å²) in [6.45, 7) is 4.63. The van der Waals surface area contributed by atoms with Gasteiger partial charge in [0.15, 0.2) is 0 Å². The number of rotatable bonds is 5. The van der Waals surface area contributed by atoms with Gasteiger partial charge >= 0.3 is 6.01 Å². The topological polar surface area (TPSA) is 50.3 Å². The first-order valence-corrected chi connectivity index (χ1v) is 8.36. The van der Waals surface area contributed by atoms with E-state index in [1.54, 1.807) is 18.5 Å². The molecular formula is C18H24Cl2N4O. The maximum atomic E-state index is 5.70. The zero-order valence-corrected chi connectivity index (χ0v) is 15.6. The van der Waals surface area contributed by atoms with Gasteiger partial charge in [0.2, 0.25) is 0 Å². The molecule has 5 rings (SSSR count). The van der Waals surface area contributed by atoms with E-state index < -0.39 is 0 Å². The molecule has 0 radical (unpaired) electrons. The molecule has 136 valence electrons. The summed E-state index contributed by atoms with van der Waals surface area (Å²) in [5.41, 5.74) is 1.23. The second-order valence-corrected chi connectivity index (χ2v) is 6.41. The molecule has 4 heterocycles. The Labute approximate surface area is 161 Å². The average molecular weight is 383 g/mol. The van der Waals surface area contributed by atoms with Crippen molar-refractivity contribution in [1.82, 2.24) is 20.2 Å². The highest BCUT2D eigenvalue weighted by Crippen LogP contribution is 2.28. The second kappa shape index (κ2) is 9.34. The molecule has 2 bridgehead atoms. The Balaban J connectivity index is 0.00000113. The molecular weight excluding hydrogens is 359 g/mol. The van der Waals surface area contributed by atoms with Gasteiger partial charge < -0.3 is 15.0 Å². The van der Waals surface area contributed by atoms with Crippen molar-refractivity contribution < 1.29 is 4.74 Å². The van der Waals surface area contributed by atoms with E-state index in [9.17, 15) is 0 Å². The molecule has 1 atom stereocenters. The van der Waals surface area contributed by atoms with Crippen LogP contribution in [0.2, 0.25) is 0 Å². The molecule has 0 spiro atoms. The van der Waals surface area contributed by atoms with E-state index in [4.69, 9.17) is 4.74 Å². The fraction of sp³-hybridized carbons (Fsp3) is 0.444. The summed E-state index contributed by atoms with van der Waals surface area (Å²) in [6.07, 6.45) is 6.04. The fourth-order valence-corrected chi connectivity index (χ4v) is 3.61. The summed E-state index contributed by atoms with van der Waals surface area (Å²) in [5, 5.41) is 3.73. The van der Waals surface area contributed by atoms with Crippen molar-refractivity contribution >= 4 is 24.8 Å². The summed E-state index contributed by atoms with van der Waals surface area (Å²) < 4.78 is 5.70. The molecule has 0 aliphatic carbocycles. The number of hydrogen-bond acceptors (Lipinski definition) is 5. The number of fused-ring (bicyclic) bond motifs is 3. The average Bonchev–Trinajstić information content (AvgIpc) is 2.62. The standard InChI is InChI=1S/C18H22N4O.2ClH/c1-3-14(11-16(4-1)23-18-19-7-2-8-20-18)12-21-17-13-22-9-5-15(17)6-10-22;;/h1-4,7-8,11,15,17,21H,5-6,9-10,12-13H2;2*1H. The van der Waals surface area contributed by atoms with E-state index in [1.165, 1.54) is 38.0 Å². The number of ether oxygens (including phenoxy) is 1. The Morgan fingerprint density at radius 2 is 1.84 bits per heavy atom. The van der Waals surface area contributed by atoms with Crippen LogP contribution in [-0.4, -0.2) is 40.5 Å². The zero-order valence-electron chi connectivity index (χ0n) is 14.0. The highest BCUT2D eigenvalue weighted by atomic mass is 35.5. The molecule has 1 N–H and O–H groups in total. The lowest BCUT2D eigenvalue weighted by atomic mass is 9.84. The van der Waals surface area contributed by atoms with Gasteiger partial charge in [0.1, 0.15) is 5.75 Å². The highest BCUT2D eigenvalue weighted by Gasteiger charge is 2.33. The monoisotopic (exact) mass is 382 g/mol. The van der Waals surface area contributed by atoms with Crippen LogP contribution in [0.15, 0.2) is 42.7 Å². The van der Waals surface area contributed by atoms with Crippen LogP contribution < -0.4 is 10.1 Å². The van der Waals surface area contributed by atoms with Crippen molar-refractivity contribution in [3.05, 3.63) is 48.3 Å². The van der Waals surface area contributed by atoms with Gasteiger partial charge in [-0.3, -0.25) is 0 Å². The molecule has 7 heteroatoms. The number of aromatic nitrogens is 2. The molecule has 3 aliphatic heterocycles. The minimum atomic E-state index is 0. The number of hydrogen-bond donors (Lipinski definition) is 1. The molecule has 3 fully saturated rings. The van der Waals surface area contributed by atoms with Crippen LogP contribution in [0.5, 0.6) is 11.8 Å². The quantitative estimate of drug-likeness (QED) is 0.859. The zero-order chi connectivity index (χ0) is 15.5. The van der Waals surface area contributed by atoms with Crippen molar-refractivity contribution in [2.24, 2.45) is 5.92 Å². The van der Waals surface area contributed by atoms with Gasteiger partial charge in [-0.1, -0.05) is 12.1 Å². The van der Waals surface area contributed by atoms with Crippen LogP contribution in [0, 0.1) is 5.92 Å². The molecule has 5 nitrogen and oxygen atoms in total. The maximum Gasteiger partial charge on any atom is 0.321 e. The molecule has 0 amide bonds. The van der Waals surface area contributed by atoms with Crippen molar-refractivity contribution in [2.75, 3.05) is 19.6 Å².